The summed E-state index contributed by atoms with van der Waals surface area (Å²) >= 11 is 5.98. The van der Waals surface area contributed by atoms with Crippen LogP contribution in [-0.2, 0) is 0 Å². The highest BCUT2D eigenvalue weighted by Crippen LogP contribution is 2.51. The molecule has 5 heteroatoms. The molecule has 1 N–H and O–H groups in total. The molecule has 0 saturated carbocycles. The molecule has 0 radical (unpaired) electrons. The van der Waals surface area contributed by atoms with Crippen LogP contribution in [0.4, 0.5) is 0 Å². The third-order valence-electron chi connectivity index (χ3n) is 5.22. The number of nitrogens with zero attached hydrogens (tertiary/aromatic N) is 2. The van der Waals surface area contributed by atoms with Gasteiger partial charge in [-0.1, -0.05) is 28.9 Å². The first kappa shape index (κ1) is 14.2. The standard InChI is InChI=1S/C15H17ClN2O.ClH/c16-10-3-1-9(2-4-10)12-7-11-5-6-14-15(12)13(17-19)8-18(11)14;/h1-4,11-12,14-15,19H,5-8H2;1H/t11-,12+,14+,15-;/m0./s1. The SMILES string of the molecule is Cl.ON=C1CN2[C@H]3CC[C@@H]2[C@H]1[C@@H](c1ccc(Cl)cc1)C3. The lowest BCUT2D eigenvalue weighted by molar-refractivity contribution is 0.154. The fourth-order valence-corrected chi connectivity index (χ4v) is 4.58. The molecule has 1 aromatic carbocycles. The lowest BCUT2D eigenvalue weighted by Gasteiger charge is -2.36. The Labute approximate surface area is 130 Å². The maximum absolute atomic E-state index is 9.29. The van der Waals surface area contributed by atoms with Crippen LogP contribution in [0.3, 0.4) is 0 Å². The maximum Gasteiger partial charge on any atom is 0.0763 e. The van der Waals surface area contributed by atoms with Crippen molar-refractivity contribution in [2.75, 3.05) is 6.54 Å². The summed E-state index contributed by atoms with van der Waals surface area (Å²) in [5.41, 5.74) is 2.32. The van der Waals surface area contributed by atoms with Gasteiger partial charge in [-0.15, -0.1) is 12.4 Å². The number of benzene rings is 1. The van der Waals surface area contributed by atoms with Crippen LogP contribution in [0.15, 0.2) is 29.4 Å². The topological polar surface area (TPSA) is 35.8 Å². The molecule has 4 rings (SSSR count). The minimum atomic E-state index is 0. The molecule has 0 aromatic heterocycles. The van der Waals surface area contributed by atoms with Gasteiger partial charge in [0.2, 0.25) is 0 Å². The zero-order chi connectivity index (χ0) is 13.0. The molecule has 3 fully saturated rings. The maximum atomic E-state index is 9.29. The Morgan fingerprint density at radius 1 is 1.20 bits per heavy atom. The molecule has 0 aliphatic carbocycles. The molecule has 0 spiro atoms. The molecular weight excluding hydrogens is 295 g/mol. The molecular formula is C15H18Cl2N2O. The fraction of sp³-hybridized carbons (Fsp3) is 0.533. The quantitative estimate of drug-likeness (QED) is 0.636. The zero-order valence-electron chi connectivity index (χ0n) is 11.1. The van der Waals surface area contributed by atoms with Crippen molar-refractivity contribution in [3.8, 4) is 0 Å². The van der Waals surface area contributed by atoms with Crippen LogP contribution in [0, 0.1) is 5.92 Å². The molecule has 108 valence electrons. The number of rotatable bonds is 1. The summed E-state index contributed by atoms with van der Waals surface area (Å²) in [5, 5.41) is 13.7. The number of hydrogen-bond donors (Lipinski definition) is 1. The van der Waals surface area contributed by atoms with E-state index in [4.69, 9.17) is 11.6 Å². The van der Waals surface area contributed by atoms with Crippen LogP contribution in [0.1, 0.15) is 30.7 Å². The molecule has 3 aliphatic rings. The summed E-state index contributed by atoms with van der Waals surface area (Å²) in [5.74, 6) is 0.879. The van der Waals surface area contributed by atoms with Crippen LogP contribution in [0.25, 0.3) is 0 Å². The summed E-state index contributed by atoms with van der Waals surface area (Å²) in [6.07, 6.45) is 3.73. The molecule has 3 aliphatic heterocycles. The van der Waals surface area contributed by atoms with E-state index in [1.165, 1.54) is 24.8 Å². The molecule has 3 nitrogen and oxygen atoms in total. The minimum Gasteiger partial charge on any atom is -0.411 e. The molecule has 3 heterocycles. The van der Waals surface area contributed by atoms with Crippen molar-refractivity contribution in [2.24, 2.45) is 11.1 Å². The first-order valence-corrected chi connectivity index (χ1v) is 7.38. The Balaban J connectivity index is 0.00000121. The normalized spacial score (nSPS) is 39.9. The van der Waals surface area contributed by atoms with Gasteiger partial charge < -0.3 is 5.21 Å². The molecule has 5 atom stereocenters. The van der Waals surface area contributed by atoms with Gasteiger partial charge in [0.1, 0.15) is 0 Å². The highest BCUT2D eigenvalue weighted by molar-refractivity contribution is 6.30. The predicted octanol–water partition coefficient (Wildman–Crippen LogP) is 3.54. The van der Waals surface area contributed by atoms with E-state index in [1.807, 2.05) is 12.1 Å². The highest BCUT2D eigenvalue weighted by Gasteiger charge is 2.54. The van der Waals surface area contributed by atoms with Gasteiger partial charge in [-0.2, -0.15) is 0 Å². The summed E-state index contributed by atoms with van der Waals surface area (Å²) < 4.78 is 0. The van der Waals surface area contributed by atoms with Crippen LogP contribution >= 0.6 is 24.0 Å². The monoisotopic (exact) mass is 312 g/mol. The molecule has 1 aromatic rings. The Bertz CT molecular complexity index is 531. The second kappa shape index (κ2) is 5.21. The van der Waals surface area contributed by atoms with E-state index in [9.17, 15) is 5.21 Å². The van der Waals surface area contributed by atoms with Crippen LogP contribution in [0.5, 0.6) is 0 Å². The highest BCUT2D eigenvalue weighted by atomic mass is 35.5. The Morgan fingerprint density at radius 2 is 1.95 bits per heavy atom. The van der Waals surface area contributed by atoms with E-state index in [0.717, 1.165) is 17.3 Å². The second-order valence-corrected chi connectivity index (χ2v) is 6.42. The van der Waals surface area contributed by atoms with E-state index in [0.29, 0.717) is 23.9 Å². The predicted molar refractivity (Wildman–Crippen MR) is 82.3 cm³/mol. The fourth-order valence-electron chi connectivity index (χ4n) is 4.46. The van der Waals surface area contributed by atoms with Gasteiger partial charge in [0.25, 0.3) is 0 Å². The summed E-state index contributed by atoms with van der Waals surface area (Å²) in [7, 11) is 0. The summed E-state index contributed by atoms with van der Waals surface area (Å²) in [4.78, 5) is 2.55. The number of piperidine rings is 1. The van der Waals surface area contributed by atoms with E-state index < -0.39 is 0 Å². The second-order valence-electron chi connectivity index (χ2n) is 5.98. The van der Waals surface area contributed by atoms with Crippen molar-refractivity contribution in [1.29, 1.82) is 0 Å². The van der Waals surface area contributed by atoms with E-state index >= 15 is 0 Å². The van der Waals surface area contributed by atoms with Gasteiger partial charge >= 0.3 is 0 Å². The lowest BCUT2D eigenvalue weighted by atomic mass is 9.77. The van der Waals surface area contributed by atoms with Crippen molar-refractivity contribution in [3.05, 3.63) is 34.9 Å². The van der Waals surface area contributed by atoms with Gasteiger partial charge in [-0.3, -0.25) is 4.90 Å². The van der Waals surface area contributed by atoms with Crippen molar-refractivity contribution in [2.45, 2.75) is 37.3 Å². The number of halogens is 2. The molecule has 0 amide bonds. The molecule has 1 unspecified atom stereocenters. The molecule has 3 saturated heterocycles. The number of hydrogen-bond acceptors (Lipinski definition) is 3. The lowest BCUT2D eigenvalue weighted by Crippen LogP contribution is -2.40. The van der Waals surface area contributed by atoms with Gasteiger partial charge in [-0.05, 0) is 42.9 Å². The van der Waals surface area contributed by atoms with Gasteiger partial charge in [0, 0.05) is 29.6 Å². The van der Waals surface area contributed by atoms with Gasteiger partial charge in [0.05, 0.1) is 5.71 Å². The van der Waals surface area contributed by atoms with Gasteiger partial charge in [-0.25, -0.2) is 0 Å². The summed E-state index contributed by atoms with van der Waals surface area (Å²) in [6, 6.07) is 9.46. The molecule has 20 heavy (non-hydrogen) atoms. The third kappa shape index (κ3) is 1.95. The first-order valence-electron chi connectivity index (χ1n) is 7.00. The van der Waals surface area contributed by atoms with Crippen molar-refractivity contribution < 1.29 is 5.21 Å². The first-order chi connectivity index (χ1) is 9.28. The number of oxime groups is 1. The van der Waals surface area contributed by atoms with Crippen molar-refractivity contribution in [1.82, 2.24) is 4.90 Å². The van der Waals surface area contributed by atoms with Crippen molar-refractivity contribution in [3.63, 3.8) is 0 Å². The van der Waals surface area contributed by atoms with Crippen LogP contribution in [0.2, 0.25) is 5.02 Å². The van der Waals surface area contributed by atoms with E-state index in [2.05, 4.69) is 22.2 Å². The minimum absolute atomic E-state index is 0. The Hall–Kier alpha value is -0.770. The van der Waals surface area contributed by atoms with Crippen LogP contribution in [-0.4, -0.2) is 34.4 Å². The van der Waals surface area contributed by atoms with Crippen LogP contribution < -0.4 is 0 Å². The summed E-state index contributed by atoms with van der Waals surface area (Å²) in [6.45, 7) is 0.862. The van der Waals surface area contributed by atoms with Gasteiger partial charge in [0.15, 0.2) is 0 Å². The average molecular weight is 313 g/mol. The average Bonchev–Trinajstić information content (AvgIpc) is 2.85. The zero-order valence-corrected chi connectivity index (χ0v) is 12.6. The third-order valence-corrected chi connectivity index (χ3v) is 5.47. The Kier molecular flexibility index (Phi) is 3.69. The molecule has 4 bridgehead atoms. The van der Waals surface area contributed by atoms with Crippen molar-refractivity contribution >= 4 is 29.7 Å². The Morgan fingerprint density at radius 3 is 2.65 bits per heavy atom. The smallest absolute Gasteiger partial charge is 0.0763 e. The van der Waals surface area contributed by atoms with E-state index in [1.54, 1.807) is 0 Å². The largest absolute Gasteiger partial charge is 0.411 e. The van der Waals surface area contributed by atoms with E-state index in [-0.39, 0.29) is 12.4 Å².